The first-order valence-corrected chi connectivity index (χ1v) is 5.68. The fourth-order valence-corrected chi connectivity index (χ4v) is 1.71. The molecule has 5 nitrogen and oxygen atoms in total. The van der Waals surface area contributed by atoms with Crippen LogP contribution in [0, 0.1) is 18.3 Å². The van der Waals surface area contributed by atoms with Crippen molar-refractivity contribution in [2.45, 2.75) is 27.7 Å². The van der Waals surface area contributed by atoms with E-state index in [0.29, 0.717) is 5.69 Å². The van der Waals surface area contributed by atoms with Gasteiger partial charge >= 0.3 is 5.97 Å². The molecule has 0 spiro atoms. The predicted molar refractivity (Wildman–Crippen MR) is 68.2 cm³/mol. The average molecular weight is 250 g/mol. The summed E-state index contributed by atoms with van der Waals surface area (Å²) in [5.74, 6) is -2.72. The molecular formula is C13H18N2O3. The van der Waals surface area contributed by atoms with Crippen LogP contribution in [0.15, 0.2) is 18.3 Å². The van der Waals surface area contributed by atoms with Crippen LogP contribution in [0.3, 0.4) is 0 Å². The number of carbonyl (C=O) groups excluding carboxylic acids is 1. The van der Waals surface area contributed by atoms with Crippen LogP contribution in [0.5, 0.6) is 0 Å². The maximum Gasteiger partial charge on any atom is 0.316 e. The standard InChI is InChI=1S/C13H18N2O3/c1-8-7-9(5-6-14-8)15-11(16)10(12(17)18)13(2,3)4/h5-7,10H,1-4H3,(H,17,18)(H,14,15,16). The van der Waals surface area contributed by atoms with Crippen molar-refractivity contribution in [3.63, 3.8) is 0 Å². The van der Waals surface area contributed by atoms with E-state index in [9.17, 15) is 9.59 Å². The summed E-state index contributed by atoms with van der Waals surface area (Å²) in [7, 11) is 0. The summed E-state index contributed by atoms with van der Waals surface area (Å²) < 4.78 is 0. The molecule has 1 atom stereocenters. The normalized spacial score (nSPS) is 12.9. The van der Waals surface area contributed by atoms with Crippen LogP contribution in [-0.2, 0) is 9.59 Å². The number of anilines is 1. The highest BCUT2D eigenvalue weighted by Crippen LogP contribution is 2.27. The molecule has 0 radical (unpaired) electrons. The Morgan fingerprint density at radius 1 is 1.39 bits per heavy atom. The van der Waals surface area contributed by atoms with Gasteiger partial charge in [-0.1, -0.05) is 20.8 Å². The van der Waals surface area contributed by atoms with Crippen molar-refractivity contribution in [1.82, 2.24) is 4.98 Å². The molecule has 0 saturated heterocycles. The topological polar surface area (TPSA) is 79.3 Å². The molecule has 2 N–H and O–H groups in total. The highest BCUT2D eigenvalue weighted by Gasteiger charge is 2.37. The van der Waals surface area contributed by atoms with E-state index >= 15 is 0 Å². The van der Waals surface area contributed by atoms with Gasteiger partial charge in [-0.05, 0) is 24.5 Å². The highest BCUT2D eigenvalue weighted by atomic mass is 16.4. The molecule has 0 saturated carbocycles. The van der Waals surface area contributed by atoms with Gasteiger partial charge in [-0.2, -0.15) is 0 Å². The summed E-state index contributed by atoms with van der Waals surface area (Å²) in [6.07, 6.45) is 1.57. The zero-order chi connectivity index (χ0) is 13.9. The van der Waals surface area contributed by atoms with Gasteiger partial charge in [0.15, 0.2) is 0 Å². The molecule has 0 aliphatic carbocycles. The number of carboxylic acids is 1. The highest BCUT2D eigenvalue weighted by molar-refractivity contribution is 6.04. The summed E-state index contributed by atoms with van der Waals surface area (Å²) in [5.41, 5.74) is 0.677. The van der Waals surface area contributed by atoms with Crippen LogP contribution in [-0.4, -0.2) is 22.0 Å². The largest absolute Gasteiger partial charge is 0.481 e. The zero-order valence-corrected chi connectivity index (χ0v) is 11.0. The third-order valence-electron chi connectivity index (χ3n) is 2.54. The van der Waals surface area contributed by atoms with E-state index < -0.39 is 23.2 Å². The molecule has 0 aliphatic rings. The minimum atomic E-state index is -1.12. The Balaban J connectivity index is 2.90. The van der Waals surface area contributed by atoms with Gasteiger partial charge in [-0.3, -0.25) is 14.6 Å². The molecule has 0 fully saturated rings. The zero-order valence-electron chi connectivity index (χ0n) is 11.0. The van der Waals surface area contributed by atoms with E-state index in [1.807, 2.05) is 0 Å². The third-order valence-corrected chi connectivity index (χ3v) is 2.54. The number of aliphatic carboxylic acids is 1. The molecule has 1 amide bonds. The second-order valence-electron chi connectivity index (χ2n) is 5.31. The lowest BCUT2D eigenvalue weighted by atomic mass is 9.80. The van der Waals surface area contributed by atoms with Crippen molar-refractivity contribution in [2.24, 2.45) is 11.3 Å². The van der Waals surface area contributed by atoms with Crippen molar-refractivity contribution < 1.29 is 14.7 Å². The maximum atomic E-state index is 12.0. The number of aromatic nitrogens is 1. The Bertz CT molecular complexity index is 464. The Kier molecular flexibility index (Phi) is 4.06. The van der Waals surface area contributed by atoms with Gasteiger partial charge in [0.05, 0.1) is 0 Å². The SMILES string of the molecule is Cc1cc(NC(=O)C(C(=O)O)C(C)(C)C)ccn1. The van der Waals surface area contributed by atoms with Crippen LogP contribution in [0.2, 0.25) is 0 Å². The first-order chi connectivity index (χ1) is 8.21. The maximum absolute atomic E-state index is 12.0. The number of pyridine rings is 1. The predicted octanol–water partition coefficient (Wildman–Crippen LogP) is 2.08. The summed E-state index contributed by atoms with van der Waals surface area (Å²) in [6.45, 7) is 6.98. The minimum Gasteiger partial charge on any atom is -0.481 e. The van der Waals surface area contributed by atoms with Crippen molar-refractivity contribution >= 4 is 17.6 Å². The number of rotatable bonds is 3. The van der Waals surface area contributed by atoms with E-state index in [1.54, 1.807) is 46.0 Å². The second kappa shape index (κ2) is 5.16. The fraction of sp³-hybridized carbons (Fsp3) is 0.462. The van der Waals surface area contributed by atoms with E-state index in [0.717, 1.165) is 5.69 Å². The van der Waals surface area contributed by atoms with Crippen LogP contribution in [0.4, 0.5) is 5.69 Å². The quantitative estimate of drug-likeness (QED) is 0.805. The lowest BCUT2D eigenvalue weighted by molar-refractivity contribution is -0.149. The average Bonchev–Trinajstić information content (AvgIpc) is 2.13. The number of aryl methyl sites for hydroxylation is 1. The van der Waals surface area contributed by atoms with E-state index in [4.69, 9.17) is 5.11 Å². The van der Waals surface area contributed by atoms with E-state index in [-0.39, 0.29) is 0 Å². The molecule has 1 heterocycles. The molecule has 98 valence electrons. The third kappa shape index (κ3) is 3.55. The number of carboxylic acid groups (broad SMARTS) is 1. The Hall–Kier alpha value is -1.91. The molecule has 5 heteroatoms. The van der Waals surface area contributed by atoms with Crippen LogP contribution in [0.1, 0.15) is 26.5 Å². The van der Waals surface area contributed by atoms with Crippen molar-refractivity contribution in [2.75, 3.05) is 5.32 Å². The van der Waals surface area contributed by atoms with Gasteiger partial charge < -0.3 is 10.4 Å². The lowest BCUT2D eigenvalue weighted by Crippen LogP contribution is -2.39. The van der Waals surface area contributed by atoms with Crippen LogP contribution in [0.25, 0.3) is 0 Å². The number of nitrogens with one attached hydrogen (secondary N) is 1. The van der Waals surface area contributed by atoms with E-state index in [1.165, 1.54) is 0 Å². The molecule has 1 rings (SSSR count). The van der Waals surface area contributed by atoms with Gasteiger partial charge in [-0.15, -0.1) is 0 Å². The molecule has 1 unspecified atom stereocenters. The summed E-state index contributed by atoms with van der Waals surface area (Å²) in [6, 6.07) is 3.33. The van der Waals surface area contributed by atoms with Crippen molar-refractivity contribution in [3.8, 4) is 0 Å². The molecule has 1 aromatic heterocycles. The molecule has 1 aromatic rings. The second-order valence-corrected chi connectivity index (χ2v) is 5.31. The molecule has 0 aromatic carbocycles. The molecule has 0 bridgehead atoms. The van der Waals surface area contributed by atoms with Crippen molar-refractivity contribution in [1.29, 1.82) is 0 Å². The van der Waals surface area contributed by atoms with Crippen molar-refractivity contribution in [3.05, 3.63) is 24.0 Å². The van der Waals surface area contributed by atoms with Crippen LogP contribution >= 0.6 is 0 Å². The number of amides is 1. The first-order valence-electron chi connectivity index (χ1n) is 5.68. The smallest absolute Gasteiger partial charge is 0.316 e. The monoisotopic (exact) mass is 250 g/mol. The molecule has 18 heavy (non-hydrogen) atoms. The van der Waals surface area contributed by atoms with Gasteiger partial charge in [-0.25, -0.2) is 0 Å². The summed E-state index contributed by atoms with van der Waals surface area (Å²) in [5, 5.41) is 11.7. The Morgan fingerprint density at radius 3 is 2.44 bits per heavy atom. The van der Waals surface area contributed by atoms with Gasteiger partial charge in [0, 0.05) is 17.6 Å². The summed E-state index contributed by atoms with van der Waals surface area (Å²) >= 11 is 0. The van der Waals surface area contributed by atoms with Gasteiger partial charge in [0.25, 0.3) is 0 Å². The molecular weight excluding hydrogens is 232 g/mol. The first kappa shape index (κ1) is 14.2. The molecule has 0 aliphatic heterocycles. The Labute approximate surface area is 106 Å². The number of hydrogen-bond donors (Lipinski definition) is 2. The number of hydrogen-bond acceptors (Lipinski definition) is 3. The fourth-order valence-electron chi connectivity index (χ4n) is 1.71. The number of carbonyl (C=O) groups is 2. The van der Waals surface area contributed by atoms with Gasteiger partial charge in [0.2, 0.25) is 5.91 Å². The van der Waals surface area contributed by atoms with E-state index in [2.05, 4.69) is 10.3 Å². The summed E-state index contributed by atoms with van der Waals surface area (Å²) in [4.78, 5) is 27.2. The lowest BCUT2D eigenvalue weighted by Gasteiger charge is -2.25. The minimum absolute atomic E-state index is 0.513. The number of nitrogens with zero attached hydrogens (tertiary/aromatic N) is 1. The Morgan fingerprint density at radius 2 is 2.00 bits per heavy atom. The van der Waals surface area contributed by atoms with Crippen LogP contribution < -0.4 is 5.32 Å². The van der Waals surface area contributed by atoms with Gasteiger partial charge in [0.1, 0.15) is 5.92 Å².